The largest absolute Gasteiger partial charge is 0.336 e. The van der Waals surface area contributed by atoms with E-state index in [1.54, 1.807) is 0 Å². The normalized spacial score (nSPS) is 22.6. The fraction of sp³-hybridized carbons (Fsp3) is 0.611. The maximum absolute atomic E-state index is 12.8. The van der Waals surface area contributed by atoms with Gasteiger partial charge in [0.2, 0.25) is 5.91 Å². The van der Waals surface area contributed by atoms with Crippen LogP contribution in [0, 0.1) is 5.92 Å². The van der Waals surface area contributed by atoms with Gasteiger partial charge in [0.1, 0.15) is 0 Å². The molecule has 1 heterocycles. The average molecular weight is 288 g/mol. The molecule has 1 aromatic rings. The average Bonchev–Trinajstić information content (AvgIpc) is 2.51. The molecule has 1 aliphatic rings. The van der Waals surface area contributed by atoms with E-state index < -0.39 is 0 Å². The van der Waals surface area contributed by atoms with E-state index in [2.05, 4.69) is 55.3 Å². The smallest absolute Gasteiger partial charge is 0.226 e. The van der Waals surface area contributed by atoms with Crippen LogP contribution in [0.3, 0.4) is 0 Å². The first kappa shape index (κ1) is 16.0. The number of nitrogens with one attached hydrogen (secondary N) is 1. The summed E-state index contributed by atoms with van der Waals surface area (Å²) in [5.41, 5.74) is 1.31. The zero-order chi connectivity index (χ0) is 15.2. The van der Waals surface area contributed by atoms with Crippen molar-refractivity contribution in [1.82, 2.24) is 10.2 Å². The molecule has 1 fully saturated rings. The number of nitrogens with zero attached hydrogens (tertiary/aromatic N) is 1. The Hall–Kier alpha value is -1.35. The van der Waals surface area contributed by atoms with E-state index in [1.165, 1.54) is 5.56 Å². The Morgan fingerprint density at radius 1 is 1.29 bits per heavy atom. The number of amides is 1. The first-order chi connectivity index (χ1) is 10.2. The molecule has 0 spiro atoms. The van der Waals surface area contributed by atoms with Gasteiger partial charge in [0.15, 0.2) is 0 Å². The maximum atomic E-state index is 12.8. The molecule has 3 nitrogen and oxygen atoms in total. The van der Waals surface area contributed by atoms with Crippen LogP contribution in [0.15, 0.2) is 30.3 Å². The second kappa shape index (κ2) is 7.60. The summed E-state index contributed by atoms with van der Waals surface area (Å²) >= 11 is 0. The molecule has 1 saturated heterocycles. The lowest BCUT2D eigenvalue weighted by atomic mass is 9.96. The number of rotatable bonds is 5. The van der Waals surface area contributed by atoms with Gasteiger partial charge in [-0.15, -0.1) is 0 Å². The van der Waals surface area contributed by atoms with Crippen LogP contribution in [0.25, 0.3) is 0 Å². The standard InChI is InChI=1S/C18H28N2O/c1-4-16(5-2)18(21)20-13-14(3)19-12-17(20)11-15-9-7-6-8-10-15/h6-10,14,16-17,19H,4-5,11-13H2,1-3H3. The van der Waals surface area contributed by atoms with E-state index in [4.69, 9.17) is 0 Å². The zero-order valence-electron chi connectivity index (χ0n) is 13.5. The lowest BCUT2D eigenvalue weighted by Gasteiger charge is -2.41. The number of benzene rings is 1. The summed E-state index contributed by atoms with van der Waals surface area (Å²) in [6.45, 7) is 8.11. The van der Waals surface area contributed by atoms with Gasteiger partial charge in [-0.05, 0) is 31.7 Å². The van der Waals surface area contributed by atoms with Crippen molar-refractivity contribution in [1.29, 1.82) is 0 Å². The maximum Gasteiger partial charge on any atom is 0.226 e. The van der Waals surface area contributed by atoms with Gasteiger partial charge in [-0.1, -0.05) is 44.2 Å². The Bertz CT molecular complexity index is 442. The molecule has 1 aromatic carbocycles. The van der Waals surface area contributed by atoms with Crippen molar-refractivity contribution >= 4 is 5.91 Å². The van der Waals surface area contributed by atoms with Gasteiger partial charge in [-0.3, -0.25) is 4.79 Å². The third-order valence-corrected chi connectivity index (χ3v) is 4.55. The summed E-state index contributed by atoms with van der Waals surface area (Å²) in [7, 11) is 0. The Morgan fingerprint density at radius 2 is 1.95 bits per heavy atom. The molecule has 1 amide bonds. The summed E-state index contributed by atoms with van der Waals surface area (Å²) in [5, 5.41) is 3.52. The van der Waals surface area contributed by atoms with E-state index in [-0.39, 0.29) is 12.0 Å². The number of hydrogen-bond acceptors (Lipinski definition) is 2. The lowest BCUT2D eigenvalue weighted by Crippen LogP contribution is -2.59. The minimum atomic E-state index is 0.175. The fourth-order valence-corrected chi connectivity index (χ4v) is 3.17. The SMILES string of the molecule is CCC(CC)C(=O)N1CC(C)NCC1Cc1ccccc1. The number of carbonyl (C=O) groups is 1. The van der Waals surface area contributed by atoms with Crippen LogP contribution in [0.1, 0.15) is 39.2 Å². The summed E-state index contributed by atoms with van der Waals surface area (Å²) in [4.78, 5) is 14.9. The van der Waals surface area contributed by atoms with Crippen molar-refractivity contribution in [2.45, 2.75) is 52.1 Å². The molecule has 0 aromatic heterocycles. The Labute approximate surface area is 128 Å². The van der Waals surface area contributed by atoms with E-state index in [0.717, 1.165) is 32.4 Å². The monoisotopic (exact) mass is 288 g/mol. The van der Waals surface area contributed by atoms with E-state index in [9.17, 15) is 4.79 Å². The molecule has 0 radical (unpaired) electrons. The molecule has 0 saturated carbocycles. The quantitative estimate of drug-likeness (QED) is 0.903. The van der Waals surface area contributed by atoms with Gasteiger partial charge in [0.25, 0.3) is 0 Å². The van der Waals surface area contributed by atoms with E-state index in [0.29, 0.717) is 11.9 Å². The molecular weight excluding hydrogens is 260 g/mol. The number of carbonyl (C=O) groups excluding carboxylic acids is 1. The predicted octanol–water partition coefficient (Wildman–Crippen LogP) is 2.85. The highest BCUT2D eigenvalue weighted by Crippen LogP contribution is 2.19. The second-order valence-electron chi connectivity index (χ2n) is 6.16. The van der Waals surface area contributed by atoms with Crippen LogP contribution in [-0.2, 0) is 11.2 Å². The Morgan fingerprint density at radius 3 is 2.57 bits per heavy atom. The molecule has 1 aliphatic heterocycles. The third-order valence-electron chi connectivity index (χ3n) is 4.55. The lowest BCUT2D eigenvalue weighted by molar-refractivity contribution is -0.139. The van der Waals surface area contributed by atoms with Gasteiger partial charge in [0, 0.05) is 31.1 Å². The molecular formula is C18H28N2O. The molecule has 116 valence electrons. The first-order valence-electron chi connectivity index (χ1n) is 8.23. The predicted molar refractivity (Wildman–Crippen MR) is 87.2 cm³/mol. The van der Waals surface area contributed by atoms with Crippen LogP contribution in [0.2, 0.25) is 0 Å². The Kier molecular flexibility index (Phi) is 5.80. The van der Waals surface area contributed by atoms with Gasteiger partial charge in [-0.25, -0.2) is 0 Å². The molecule has 2 rings (SSSR count). The van der Waals surface area contributed by atoms with Gasteiger partial charge >= 0.3 is 0 Å². The van der Waals surface area contributed by atoms with Crippen molar-refractivity contribution in [2.75, 3.05) is 13.1 Å². The van der Waals surface area contributed by atoms with Crippen LogP contribution in [0.5, 0.6) is 0 Å². The van der Waals surface area contributed by atoms with Crippen LogP contribution >= 0.6 is 0 Å². The van der Waals surface area contributed by atoms with Gasteiger partial charge in [0.05, 0.1) is 0 Å². The number of hydrogen-bond donors (Lipinski definition) is 1. The summed E-state index contributed by atoms with van der Waals surface area (Å²) in [5.74, 6) is 0.517. The Balaban J connectivity index is 2.11. The molecule has 0 aliphatic carbocycles. The third kappa shape index (κ3) is 4.07. The van der Waals surface area contributed by atoms with Gasteiger partial charge < -0.3 is 10.2 Å². The van der Waals surface area contributed by atoms with Crippen LogP contribution < -0.4 is 5.32 Å². The van der Waals surface area contributed by atoms with Crippen molar-refractivity contribution in [3.05, 3.63) is 35.9 Å². The molecule has 2 unspecified atom stereocenters. The molecule has 21 heavy (non-hydrogen) atoms. The van der Waals surface area contributed by atoms with Crippen molar-refractivity contribution < 1.29 is 4.79 Å². The zero-order valence-corrected chi connectivity index (χ0v) is 13.5. The van der Waals surface area contributed by atoms with Crippen molar-refractivity contribution in [2.24, 2.45) is 5.92 Å². The molecule has 2 atom stereocenters. The summed E-state index contributed by atoms with van der Waals surface area (Å²) in [6, 6.07) is 11.1. The molecule has 3 heteroatoms. The topological polar surface area (TPSA) is 32.3 Å². The highest BCUT2D eigenvalue weighted by Gasteiger charge is 2.32. The summed E-state index contributed by atoms with van der Waals surface area (Å²) < 4.78 is 0. The van der Waals surface area contributed by atoms with Crippen molar-refractivity contribution in [3.8, 4) is 0 Å². The fourth-order valence-electron chi connectivity index (χ4n) is 3.17. The highest BCUT2D eigenvalue weighted by molar-refractivity contribution is 5.79. The highest BCUT2D eigenvalue weighted by atomic mass is 16.2. The molecule has 1 N–H and O–H groups in total. The van der Waals surface area contributed by atoms with E-state index >= 15 is 0 Å². The minimum absolute atomic E-state index is 0.175. The van der Waals surface area contributed by atoms with Crippen LogP contribution in [-0.4, -0.2) is 36.0 Å². The van der Waals surface area contributed by atoms with Gasteiger partial charge in [-0.2, -0.15) is 0 Å². The molecule has 0 bridgehead atoms. The van der Waals surface area contributed by atoms with Crippen molar-refractivity contribution in [3.63, 3.8) is 0 Å². The number of piperazine rings is 1. The summed E-state index contributed by atoms with van der Waals surface area (Å²) in [6.07, 6.45) is 2.81. The first-order valence-corrected chi connectivity index (χ1v) is 8.23. The second-order valence-corrected chi connectivity index (χ2v) is 6.16. The minimum Gasteiger partial charge on any atom is -0.336 e. The van der Waals surface area contributed by atoms with E-state index in [1.807, 2.05) is 6.07 Å². The van der Waals surface area contributed by atoms with Crippen LogP contribution in [0.4, 0.5) is 0 Å².